The van der Waals surface area contributed by atoms with Crippen LogP contribution >= 0.6 is 11.8 Å². The molecule has 1 amide bonds. The zero-order valence-corrected chi connectivity index (χ0v) is 19.7. The average molecular weight is 463 g/mol. The number of hydrogen-bond acceptors (Lipinski definition) is 6. The van der Waals surface area contributed by atoms with Crippen LogP contribution in [0.2, 0.25) is 0 Å². The van der Waals surface area contributed by atoms with Gasteiger partial charge in [0.25, 0.3) is 5.91 Å². The Morgan fingerprint density at radius 1 is 1.09 bits per heavy atom. The maximum atomic E-state index is 12.6. The predicted molar refractivity (Wildman–Crippen MR) is 133 cm³/mol. The number of nitrogens with one attached hydrogen (secondary N) is 1. The molecular weight excluding hydrogens is 436 g/mol. The third-order valence-corrected chi connectivity index (χ3v) is 6.36. The van der Waals surface area contributed by atoms with E-state index in [1.165, 1.54) is 27.9 Å². The van der Waals surface area contributed by atoms with Gasteiger partial charge in [-0.1, -0.05) is 31.2 Å². The summed E-state index contributed by atoms with van der Waals surface area (Å²) in [6.45, 7) is 7.13. The van der Waals surface area contributed by atoms with E-state index in [9.17, 15) is 4.79 Å². The number of amidine groups is 2. The molecule has 0 aliphatic carbocycles. The number of aryl methyl sites for hydroxylation is 2. The van der Waals surface area contributed by atoms with Crippen molar-refractivity contribution in [2.45, 2.75) is 33.6 Å². The van der Waals surface area contributed by atoms with Crippen molar-refractivity contribution in [2.75, 3.05) is 13.2 Å². The van der Waals surface area contributed by atoms with E-state index >= 15 is 0 Å². The highest BCUT2D eigenvalue weighted by atomic mass is 32.2. The number of hydrazone groups is 1. The van der Waals surface area contributed by atoms with Gasteiger partial charge >= 0.3 is 0 Å². The molecule has 0 radical (unpaired) electrons. The summed E-state index contributed by atoms with van der Waals surface area (Å²) in [7, 11) is 0. The van der Waals surface area contributed by atoms with Crippen LogP contribution in [-0.4, -0.2) is 40.2 Å². The third-order valence-electron chi connectivity index (χ3n) is 5.31. The molecule has 2 heterocycles. The maximum Gasteiger partial charge on any atom is 0.283 e. The van der Waals surface area contributed by atoms with E-state index in [2.05, 4.69) is 30.0 Å². The Balaban J connectivity index is 1.40. The summed E-state index contributed by atoms with van der Waals surface area (Å²) in [5, 5.41) is 15.5. The third kappa shape index (κ3) is 5.17. The molecule has 0 aromatic heterocycles. The predicted octanol–water partition coefficient (Wildman–Crippen LogP) is 5.18. The van der Waals surface area contributed by atoms with Crippen LogP contribution in [0.3, 0.4) is 0 Å². The summed E-state index contributed by atoms with van der Waals surface area (Å²) in [5.74, 6) is 1.08. The van der Waals surface area contributed by atoms with Gasteiger partial charge in [-0.15, -0.1) is 0 Å². The number of benzene rings is 2. The Kier molecular flexibility index (Phi) is 6.93. The van der Waals surface area contributed by atoms with E-state index < -0.39 is 5.91 Å². The summed E-state index contributed by atoms with van der Waals surface area (Å²) in [4.78, 5) is 16.7. The number of nitrogens with zero attached hydrogens (tertiary/aromatic N) is 3. The normalized spacial score (nSPS) is 16.6. The second-order valence-corrected chi connectivity index (χ2v) is 8.74. The van der Waals surface area contributed by atoms with Gasteiger partial charge in [-0.2, -0.15) is 15.1 Å². The van der Waals surface area contributed by atoms with Gasteiger partial charge in [-0.05, 0) is 67.4 Å². The van der Waals surface area contributed by atoms with Gasteiger partial charge in [0.1, 0.15) is 16.5 Å². The number of carbonyl (C=O) groups is 1. The number of fused-ring (bicyclic) bond motifs is 1. The van der Waals surface area contributed by atoms with Crippen molar-refractivity contribution in [2.24, 2.45) is 10.1 Å². The number of thioether (sulfide) groups is 1. The fourth-order valence-electron chi connectivity index (χ4n) is 3.30. The first-order valence-corrected chi connectivity index (χ1v) is 11.7. The van der Waals surface area contributed by atoms with Crippen LogP contribution in [-0.2, 0) is 4.79 Å². The number of hydrogen-bond donors (Lipinski definition) is 1. The van der Waals surface area contributed by atoms with Gasteiger partial charge < -0.3 is 9.47 Å². The van der Waals surface area contributed by atoms with Crippen molar-refractivity contribution in [3.8, 4) is 11.5 Å². The lowest BCUT2D eigenvalue weighted by atomic mass is 10.1. The van der Waals surface area contributed by atoms with Gasteiger partial charge in [0.2, 0.25) is 5.17 Å². The molecule has 2 aliphatic rings. The topological polar surface area (TPSA) is 87.3 Å². The largest absolute Gasteiger partial charge is 0.493 e. The number of amides is 1. The highest BCUT2D eigenvalue weighted by Crippen LogP contribution is 2.30. The van der Waals surface area contributed by atoms with Gasteiger partial charge in [-0.3, -0.25) is 10.2 Å². The second kappa shape index (κ2) is 10.0. The molecule has 170 valence electrons. The Hall–Kier alpha value is -3.39. The molecule has 0 bridgehead atoms. The number of aliphatic imine (C=N–C) groups is 1. The summed E-state index contributed by atoms with van der Waals surface area (Å²) in [5.41, 5.74) is 3.35. The van der Waals surface area contributed by atoms with Crippen molar-refractivity contribution in [3.05, 3.63) is 64.7 Å². The zero-order valence-electron chi connectivity index (χ0n) is 18.9. The van der Waals surface area contributed by atoms with Crippen molar-refractivity contribution in [3.63, 3.8) is 0 Å². The van der Waals surface area contributed by atoms with Crippen molar-refractivity contribution in [1.29, 1.82) is 5.41 Å². The van der Waals surface area contributed by atoms with Gasteiger partial charge in [0.05, 0.1) is 18.8 Å². The van der Waals surface area contributed by atoms with Crippen molar-refractivity contribution in [1.82, 2.24) is 5.01 Å². The van der Waals surface area contributed by atoms with Gasteiger partial charge in [0, 0.05) is 12.0 Å². The molecule has 0 unspecified atom stereocenters. The van der Waals surface area contributed by atoms with Crippen LogP contribution in [0, 0.1) is 19.3 Å². The standard InChI is InChI=1S/C25H26N4O3S/c1-4-22-28-29-23(26)20(24(30)27-25(29)33-22)15-18-8-5-6-9-21(18)32-13-7-12-31-19-11-10-16(2)17(3)14-19/h5-6,8-11,14-15,26H,4,7,12-13H2,1-3H3. The first-order chi connectivity index (χ1) is 16.0. The van der Waals surface area contributed by atoms with Crippen molar-refractivity contribution >= 4 is 39.8 Å². The van der Waals surface area contributed by atoms with Crippen LogP contribution in [0.15, 0.2) is 58.1 Å². The summed E-state index contributed by atoms with van der Waals surface area (Å²) in [6.07, 6.45) is 3.08. The zero-order chi connectivity index (χ0) is 23.4. The molecule has 1 N–H and O–H groups in total. The minimum absolute atomic E-state index is 0.0255. The smallest absolute Gasteiger partial charge is 0.283 e. The van der Waals surface area contributed by atoms with Crippen LogP contribution in [0.1, 0.15) is 36.5 Å². The molecule has 8 heteroatoms. The molecule has 0 atom stereocenters. The first kappa shape index (κ1) is 22.8. The fourth-order valence-corrected chi connectivity index (χ4v) is 4.12. The van der Waals surface area contributed by atoms with E-state index in [1.807, 2.05) is 43.3 Å². The number of para-hydroxylation sites is 1. The minimum atomic E-state index is -0.442. The quantitative estimate of drug-likeness (QED) is 0.431. The molecule has 2 aromatic rings. The Morgan fingerprint density at radius 2 is 1.88 bits per heavy atom. The SMILES string of the molecule is CCC1=NN2C(=N)C(=Cc3ccccc3OCCCOc3ccc(C)c(C)c3)C(=O)N=C2S1. The maximum absolute atomic E-state index is 12.6. The van der Waals surface area contributed by atoms with Gasteiger partial charge in [-0.25, -0.2) is 0 Å². The minimum Gasteiger partial charge on any atom is -0.493 e. The molecule has 33 heavy (non-hydrogen) atoms. The van der Waals surface area contributed by atoms with E-state index in [-0.39, 0.29) is 11.4 Å². The van der Waals surface area contributed by atoms with E-state index in [1.54, 1.807) is 6.08 Å². The Morgan fingerprint density at radius 3 is 2.67 bits per heavy atom. The fraction of sp³-hybridized carbons (Fsp3) is 0.280. The highest BCUT2D eigenvalue weighted by molar-refractivity contribution is 8.26. The second-order valence-electron chi connectivity index (χ2n) is 7.70. The van der Waals surface area contributed by atoms with E-state index in [0.717, 1.165) is 17.2 Å². The molecule has 4 rings (SSSR count). The van der Waals surface area contributed by atoms with Crippen LogP contribution in [0.4, 0.5) is 0 Å². The van der Waals surface area contributed by atoms with Gasteiger partial charge in [0.15, 0.2) is 5.84 Å². The lowest BCUT2D eigenvalue weighted by Gasteiger charge is -2.20. The number of rotatable bonds is 8. The molecular formula is C25H26N4O3S. The van der Waals surface area contributed by atoms with Crippen LogP contribution in [0.25, 0.3) is 6.08 Å². The Labute approximate surface area is 197 Å². The van der Waals surface area contributed by atoms with Crippen LogP contribution < -0.4 is 9.47 Å². The molecule has 0 saturated heterocycles. The summed E-state index contributed by atoms with van der Waals surface area (Å²) < 4.78 is 11.8. The summed E-state index contributed by atoms with van der Waals surface area (Å²) >= 11 is 1.33. The average Bonchev–Trinajstić information content (AvgIpc) is 3.23. The Bertz CT molecular complexity index is 1190. The number of ether oxygens (including phenoxy) is 2. The molecule has 2 aromatic carbocycles. The molecule has 0 fully saturated rings. The lowest BCUT2D eigenvalue weighted by molar-refractivity contribution is -0.114. The van der Waals surface area contributed by atoms with Crippen LogP contribution in [0.5, 0.6) is 11.5 Å². The first-order valence-electron chi connectivity index (χ1n) is 10.9. The highest BCUT2D eigenvalue weighted by Gasteiger charge is 2.35. The monoisotopic (exact) mass is 462 g/mol. The molecule has 0 spiro atoms. The van der Waals surface area contributed by atoms with E-state index in [0.29, 0.717) is 36.1 Å². The number of carbonyl (C=O) groups excluding carboxylic acids is 1. The van der Waals surface area contributed by atoms with E-state index in [4.69, 9.17) is 14.9 Å². The molecule has 2 aliphatic heterocycles. The molecule has 7 nitrogen and oxygen atoms in total. The van der Waals surface area contributed by atoms with Crippen molar-refractivity contribution < 1.29 is 14.3 Å². The molecule has 0 saturated carbocycles. The summed E-state index contributed by atoms with van der Waals surface area (Å²) in [6, 6.07) is 13.5. The lowest BCUT2D eigenvalue weighted by Crippen LogP contribution is -2.35.